The number of ether oxygens (including phenoxy) is 1. The number of pyridine rings is 1. The molecule has 4 aromatic rings. The zero-order chi connectivity index (χ0) is 21.1. The summed E-state index contributed by atoms with van der Waals surface area (Å²) >= 11 is 0. The molecule has 0 saturated heterocycles. The Morgan fingerprint density at radius 3 is 2.20 bits per heavy atom. The topological polar surface area (TPSA) is 60.3 Å². The molecule has 0 fully saturated rings. The van der Waals surface area contributed by atoms with E-state index >= 15 is 0 Å². The maximum absolute atomic E-state index is 13.3. The van der Waals surface area contributed by atoms with Crippen molar-refractivity contribution in [2.45, 2.75) is 6.54 Å². The number of carbonyl (C=O) groups excluding carboxylic acids is 1. The molecule has 0 aliphatic carbocycles. The van der Waals surface area contributed by atoms with Gasteiger partial charge < -0.3 is 14.6 Å². The Bertz CT molecular complexity index is 1260. The third kappa shape index (κ3) is 3.57. The summed E-state index contributed by atoms with van der Waals surface area (Å²) in [5.74, 6) is 0.461. The number of rotatable bonds is 5. The number of hydrogen-bond acceptors (Lipinski definition) is 3. The zero-order valence-electron chi connectivity index (χ0n) is 16.9. The van der Waals surface area contributed by atoms with Crippen molar-refractivity contribution < 1.29 is 9.53 Å². The summed E-state index contributed by atoms with van der Waals surface area (Å²) in [6, 6.07) is 24.6. The lowest BCUT2D eigenvalue weighted by Gasteiger charge is -2.17. The lowest BCUT2D eigenvalue weighted by molar-refractivity contribution is 0.0942. The zero-order valence-corrected chi connectivity index (χ0v) is 16.9. The predicted molar refractivity (Wildman–Crippen MR) is 119 cm³/mol. The van der Waals surface area contributed by atoms with Crippen molar-refractivity contribution in [1.29, 1.82) is 0 Å². The van der Waals surface area contributed by atoms with Crippen LogP contribution in [0.1, 0.15) is 16.1 Å². The summed E-state index contributed by atoms with van der Waals surface area (Å²) in [5, 5.41) is 4.31. The Hall–Kier alpha value is -3.86. The van der Waals surface area contributed by atoms with E-state index in [1.807, 2.05) is 72.8 Å². The van der Waals surface area contributed by atoms with Crippen molar-refractivity contribution in [3.05, 3.63) is 100 Å². The molecule has 5 nitrogen and oxygen atoms in total. The van der Waals surface area contributed by atoms with Crippen LogP contribution in [0.15, 0.2) is 83.7 Å². The molecule has 0 unspecified atom stereocenters. The molecule has 0 spiro atoms. The first-order chi connectivity index (χ1) is 14.6. The van der Waals surface area contributed by atoms with Crippen LogP contribution >= 0.6 is 0 Å². The van der Waals surface area contributed by atoms with Crippen molar-refractivity contribution in [3.8, 4) is 16.9 Å². The summed E-state index contributed by atoms with van der Waals surface area (Å²) in [5.41, 5.74) is 2.73. The third-order valence-electron chi connectivity index (χ3n) is 5.19. The Kier molecular flexibility index (Phi) is 5.35. The normalized spacial score (nSPS) is 10.7. The molecule has 0 aliphatic heterocycles. The van der Waals surface area contributed by atoms with Crippen LogP contribution in [0.3, 0.4) is 0 Å². The Morgan fingerprint density at radius 2 is 1.53 bits per heavy atom. The van der Waals surface area contributed by atoms with E-state index in [9.17, 15) is 9.59 Å². The van der Waals surface area contributed by atoms with Crippen LogP contribution in [0.2, 0.25) is 0 Å². The van der Waals surface area contributed by atoms with Crippen molar-refractivity contribution >= 4 is 16.7 Å². The molecule has 30 heavy (non-hydrogen) atoms. The fraction of sp³-hybridized carbons (Fsp3) is 0.120. The van der Waals surface area contributed by atoms with E-state index in [4.69, 9.17) is 4.74 Å². The maximum atomic E-state index is 13.3. The minimum Gasteiger partial charge on any atom is -0.497 e. The van der Waals surface area contributed by atoms with Crippen molar-refractivity contribution in [3.63, 3.8) is 0 Å². The molecule has 150 valence electrons. The molecular weight excluding hydrogens is 376 g/mol. The fourth-order valence-corrected chi connectivity index (χ4v) is 3.64. The highest BCUT2D eigenvalue weighted by molar-refractivity contribution is 6.08. The first-order valence-corrected chi connectivity index (χ1v) is 9.68. The molecular formula is C25H22N2O3. The van der Waals surface area contributed by atoms with Gasteiger partial charge in [-0.05, 0) is 34.7 Å². The Morgan fingerprint density at radius 1 is 0.900 bits per heavy atom. The average Bonchev–Trinajstić information content (AvgIpc) is 2.80. The highest BCUT2D eigenvalue weighted by Crippen LogP contribution is 2.30. The van der Waals surface area contributed by atoms with Crippen molar-refractivity contribution in [2.75, 3.05) is 7.11 Å². The van der Waals surface area contributed by atoms with Crippen LogP contribution in [0.4, 0.5) is 0 Å². The Balaban J connectivity index is 1.80. The molecule has 1 heterocycles. The van der Waals surface area contributed by atoms with E-state index < -0.39 is 0 Å². The SMILES string of the molecule is COc1ccc(CNC(=O)c2c(-c3ccccc3)c3ccccc3c(=O)n2C)cc1. The van der Waals surface area contributed by atoms with Crippen LogP contribution in [0.5, 0.6) is 5.75 Å². The quantitative estimate of drug-likeness (QED) is 0.550. The smallest absolute Gasteiger partial charge is 0.268 e. The summed E-state index contributed by atoms with van der Waals surface area (Å²) in [6.45, 7) is 0.345. The number of aromatic nitrogens is 1. The molecule has 1 amide bonds. The first kappa shape index (κ1) is 19.5. The van der Waals surface area contributed by atoms with Gasteiger partial charge >= 0.3 is 0 Å². The van der Waals surface area contributed by atoms with Gasteiger partial charge in [-0.2, -0.15) is 0 Å². The molecule has 1 N–H and O–H groups in total. The van der Waals surface area contributed by atoms with E-state index in [2.05, 4.69) is 5.32 Å². The lowest BCUT2D eigenvalue weighted by atomic mass is 9.96. The van der Waals surface area contributed by atoms with Gasteiger partial charge in [-0.1, -0.05) is 60.7 Å². The first-order valence-electron chi connectivity index (χ1n) is 9.68. The van der Waals surface area contributed by atoms with Gasteiger partial charge in [-0.3, -0.25) is 9.59 Å². The van der Waals surface area contributed by atoms with Crippen LogP contribution in [0, 0.1) is 0 Å². The number of nitrogens with one attached hydrogen (secondary N) is 1. The second kappa shape index (κ2) is 8.25. The van der Waals surface area contributed by atoms with E-state index in [1.54, 1.807) is 20.2 Å². The van der Waals surface area contributed by atoms with Gasteiger partial charge in [-0.25, -0.2) is 0 Å². The molecule has 1 aromatic heterocycles. The Labute approximate surface area is 174 Å². The number of nitrogens with zero attached hydrogens (tertiary/aromatic N) is 1. The van der Waals surface area contributed by atoms with Gasteiger partial charge in [0.2, 0.25) is 0 Å². The lowest BCUT2D eigenvalue weighted by Crippen LogP contribution is -2.31. The molecule has 0 saturated carbocycles. The largest absolute Gasteiger partial charge is 0.497 e. The minimum atomic E-state index is -0.296. The molecule has 0 bridgehead atoms. The van der Waals surface area contributed by atoms with E-state index in [1.165, 1.54) is 4.57 Å². The number of fused-ring (bicyclic) bond motifs is 1. The van der Waals surface area contributed by atoms with Gasteiger partial charge in [-0.15, -0.1) is 0 Å². The van der Waals surface area contributed by atoms with Crippen LogP contribution in [-0.2, 0) is 13.6 Å². The summed E-state index contributed by atoms with van der Waals surface area (Å²) in [4.78, 5) is 26.2. The predicted octanol–water partition coefficient (Wildman–Crippen LogP) is 4.14. The van der Waals surface area contributed by atoms with E-state index in [0.717, 1.165) is 27.8 Å². The van der Waals surface area contributed by atoms with Crippen LogP contribution in [-0.4, -0.2) is 17.6 Å². The number of benzene rings is 3. The monoisotopic (exact) mass is 398 g/mol. The molecule has 4 rings (SSSR count). The molecule has 5 heteroatoms. The summed E-state index contributed by atoms with van der Waals surface area (Å²) < 4.78 is 6.61. The van der Waals surface area contributed by atoms with Crippen LogP contribution in [0.25, 0.3) is 21.9 Å². The second-order valence-corrected chi connectivity index (χ2v) is 7.03. The van der Waals surface area contributed by atoms with Crippen molar-refractivity contribution in [2.24, 2.45) is 7.05 Å². The summed E-state index contributed by atoms with van der Waals surface area (Å²) in [7, 11) is 3.26. The second-order valence-electron chi connectivity index (χ2n) is 7.03. The molecule has 3 aromatic carbocycles. The van der Waals surface area contributed by atoms with Gasteiger partial charge in [0.1, 0.15) is 11.4 Å². The van der Waals surface area contributed by atoms with Gasteiger partial charge in [0, 0.05) is 24.5 Å². The standard InChI is InChI=1S/C25H22N2O3/c1-27-23(24(28)26-16-17-12-14-19(30-2)15-13-17)22(18-8-4-3-5-9-18)20-10-6-7-11-21(20)25(27)29/h3-15H,16H2,1-2H3,(H,26,28). The van der Waals surface area contributed by atoms with Crippen LogP contribution < -0.4 is 15.6 Å². The van der Waals surface area contributed by atoms with Gasteiger partial charge in [0.15, 0.2) is 0 Å². The number of carbonyl (C=O) groups is 1. The molecule has 0 aliphatic rings. The maximum Gasteiger partial charge on any atom is 0.268 e. The number of amides is 1. The highest BCUT2D eigenvalue weighted by atomic mass is 16.5. The van der Waals surface area contributed by atoms with Gasteiger partial charge in [0.25, 0.3) is 11.5 Å². The third-order valence-corrected chi connectivity index (χ3v) is 5.19. The van der Waals surface area contributed by atoms with Crippen molar-refractivity contribution in [1.82, 2.24) is 9.88 Å². The number of methoxy groups -OCH3 is 1. The minimum absolute atomic E-state index is 0.195. The summed E-state index contributed by atoms with van der Waals surface area (Å²) in [6.07, 6.45) is 0. The molecule has 0 radical (unpaired) electrons. The highest BCUT2D eigenvalue weighted by Gasteiger charge is 2.21. The number of hydrogen-bond donors (Lipinski definition) is 1. The average molecular weight is 398 g/mol. The molecule has 0 atom stereocenters. The van der Waals surface area contributed by atoms with Gasteiger partial charge in [0.05, 0.1) is 7.11 Å². The fourth-order valence-electron chi connectivity index (χ4n) is 3.64. The van der Waals surface area contributed by atoms with E-state index in [0.29, 0.717) is 17.6 Å². The van der Waals surface area contributed by atoms with E-state index in [-0.39, 0.29) is 11.5 Å².